The number of nitrogens with zero attached hydrogens (tertiary/aromatic N) is 3. The summed E-state index contributed by atoms with van der Waals surface area (Å²) < 4.78 is 1.94. The first kappa shape index (κ1) is 11.2. The largest absolute Gasteiger partial charge is 0.390 e. The SMILES string of the molecule is CCCc1c(CO)nnn1C(C)CC. The first-order valence-electron chi connectivity index (χ1n) is 5.28. The Kier molecular flexibility index (Phi) is 4.07. The van der Waals surface area contributed by atoms with Gasteiger partial charge in [0.2, 0.25) is 0 Å². The Labute approximate surface area is 84.9 Å². The van der Waals surface area contributed by atoms with Gasteiger partial charge in [0.05, 0.1) is 18.3 Å². The lowest BCUT2D eigenvalue weighted by Crippen LogP contribution is -2.10. The Hall–Kier alpha value is -0.900. The van der Waals surface area contributed by atoms with E-state index in [0.717, 1.165) is 30.7 Å². The maximum atomic E-state index is 9.10. The summed E-state index contributed by atoms with van der Waals surface area (Å²) >= 11 is 0. The molecule has 4 heteroatoms. The summed E-state index contributed by atoms with van der Waals surface area (Å²) in [5, 5.41) is 17.2. The van der Waals surface area contributed by atoms with Gasteiger partial charge in [-0.1, -0.05) is 25.5 Å². The van der Waals surface area contributed by atoms with Gasteiger partial charge in [0, 0.05) is 0 Å². The second-order valence-corrected chi connectivity index (χ2v) is 3.59. The van der Waals surface area contributed by atoms with Crippen LogP contribution in [0.5, 0.6) is 0 Å². The van der Waals surface area contributed by atoms with Crippen LogP contribution in [0.15, 0.2) is 0 Å². The number of aliphatic hydroxyl groups is 1. The van der Waals surface area contributed by atoms with Gasteiger partial charge in [-0.3, -0.25) is 0 Å². The summed E-state index contributed by atoms with van der Waals surface area (Å²) in [5.41, 5.74) is 1.82. The van der Waals surface area contributed by atoms with Crippen molar-refractivity contribution in [2.75, 3.05) is 0 Å². The third-order valence-electron chi connectivity index (χ3n) is 2.52. The third kappa shape index (κ3) is 2.12. The number of hydrogen-bond donors (Lipinski definition) is 1. The van der Waals surface area contributed by atoms with Crippen LogP contribution in [0.1, 0.15) is 51.0 Å². The molecule has 0 spiro atoms. The van der Waals surface area contributed by atoms with E-state index in [1.807, 2.05) is 4.68 Å². The molecule has 0 aromatic carbocycles. The van der Waals surface area contributed by atoms with E-state index in [0.29, 0.717) is 6.04 Å². The Morgan fingerprint density at radius 2 is 2.14 bits per heavy atom. The van der Waals surface area contributed by atoms with Crippen LogP contribution in [0, 0.1) is 0 Å². The summed E-state index contributed by atoms with van der Waals surface area (Å²) in [5.74, 6) is 0. The van der Waals surface area contributed by atoms with Crippen molar-refractivity contribution in [3.8, 4) is 0 Å². The smallest absolute Gasteiger partial charge is 0.111 e. The van der Waals surface area contributed by atoms with Crippen molar-refractivity contribution in [2.45, 2.75) is 52.7 Å². The van der Waals surface area contributed by atoms with Crippen molar-refractivity contribution in [1.82, 2.24) is 15.0 Å². The van der Waals surface area contributed by atoms with E-state index in [1.54, 1.807) is 0 Å². The summed E-state index contributed by atoms with van der Waals surface area (Å²) in [6, 6.07) is 0.365. The van der Waals surface area contributed by atoms with E-state index in [2.05, 4.69) is 31.1 Å². The minimum Gasteiger partial charge on any atom is -0.390 e. The molecule has 0 saturated carbocycles. The van der Waals surface area contributed by atoms with Crippen molar-refractivity contribution in [3.05, 3.63) is 11.4 Å². The molecule has 0 saturated heterocycles. The topological polar surface area (TPSA) is 50.9 Å². The monoisotopic (exact) mass is 197 g/mol. The fourth-order valence-corrected chi connectivity index (χ4v) is 1.49. The lowest BCUT2D eigenvalue weighted by molar-refractivity contribution is 0.275. The molecule has 0 aliphatic heterocycles. The van der Waals surface area contributed by atoms with Crippen LogP contribution < -0.4 is 0 Å². The maximum Gasteiger partial charge on any atom is 0.111 e. The first-order valence-corrected chi connectivity index (χ1v) is 5.28. The zero-order valence-corrected chi connectivity index (χ0v) is 9.19. The Morgan fingerprint density at radius 3 is 2.64 bits per heavy atom. The van der Waals surface area contributed by atoms with Gasteiger partial charge in [-0.15, -0.1) is 5.10 Å². The predicted molar refractivity (Wildman–Crippen MR) is 54.9 cm³/mol. The molecule has 0 amide bonds. The van der Waals surface area contributed by atoms with Gasteiger partial charge in [-0.2, -0.15) is 0 Å². The molecule has 1 unspecified atom stereocenters. The molecule has 1 rings (SSSR count). The van der Waals surface area contributed by atoms with Crippen molar-refractivity contribution in [3.63, 3.8) is 0 Å². The summed E-state index contributed by atoms with van der Waals surface area (Å²) in [6.45, 7) is 6.36. The predicted octanol–water partition coefficient (Wildman–Crippen LogP) is 1.69. The Balaban J connectivity index is 2.97. The molecular formula is C10H19N3O. The highest BCUT2D eigenvalue weighted by atomic mass is 16.3. The molecule has 4 nitrogen and oxygen atoms in total. The second kappa shape index (κ2) is 5.10. The first-order chi connectivity index (χ1) is 6.74. The average molecular weight is 197 g/mol. The number of aliphatic hydroxyl groups excluding tert-OH is 1. The van der Waals surface area contributed by atoms with Crippen LogP contribution in [0.25, 0.3) is 0 Å². The highest BCUT2D eigenvalue weighted by Crippen LogP contribution is 2.16. The van der Waals surface area contributed by atoms with E-state index in [-0.39, 0.29) is 6.61 Å². The molecule has 14 heavy (non-hydrogen) atoms. The van der Waals surface area contributed by atoms with Crippen molar-refractivity contribution in [2.24, 2.45) is 0 Å². The van der Waals surface area contributed by atoms with E-state index in [4.69, 9.17) is 5.11 Å². The summed E-state index contributed by atoms with van der Waals surface area (Å²) in [7, 11) is 0. The molecule has 1 aromatic heterocycles. The fraction of sp³-hybridized carbons (Fsp3) is 0.800. The van der Waals surface area contributed by atoms with Gasteiger partial charge in [0.1, 0.15) is 5.69 Å². The highest BCUT2D eigenvalue weighted by molar-refractivity contribution is 5.10. The van der Waals surface area contributed by atoms with Gasteiger partial charge in [-0.25, -0.2) is 4.68 Å². The molecule has 0 aliphatic carbocycles. The van der Waals surface area contributed by atoms with E-state index >= 15 is 0 Å². The van der Waals surface area contributed by atoms with Gasteiger partial charge < -0.3 is 5.11 Å². The molecule has 0 bridgehead atoms. The van der Waals surface area contributed by atoms with Crippen LogP contribution >= 0.6 is 0 Å². The molecule has 0 radical (unpaired) electrons. The zero-order chi connectivity index (χ0) is 10.6. The molecule has 0 aliphatic rings. The van der Waals surface area contributed by atoms with Gasteiger partial charge in [0.15, 0.2) is 0 Å². The number of rotatable bonds is 5. The van der Waals surface area contributed by atoms with Gasteiger partial charge in [-0.05, 0) is 19.8 Å². The average Bonchev–Trinajstić information content (AvgIpc) is 2.60. The van der Waals surface area contributed by atoms with Gasteiger partial charge >= 0.3 is 0 Å². The molecule has 1 atom stereocenters. The zero-order valence-electron chi connectivity index (χ0n) is 9.19. The Morgan fingerprint density at radius 1 is 1.43 bits per heavy atom. The molecule has 0 fully saturated rings. The van der Waals surface area contributed by atoms with Crippen molar-refractivity contribution in [1.29, 1.82) is 0 Å². The van der Waals surface area contributed by atoms with E-state index in [1.165, 1.54) is 0 Å². The van der Waals surface area contributed by atoms with E-state index < -0.39 is 0 Å². The molecule has 1 N–H and O–H groups in total. The minimum absolute atomic E-state index is 0.00817. The van der Waals surface area contributed by atoms with Crippen LogP contribution in [0.4, 0.5) is 0 Å². The van der Waals surface area contributed by atoms with Crippen molar-refractivity contribution >= 4 is 0 Å². The van der Waals surface area contributed by atoms with Crippen LogP contribution in [-0.4, -0.2) is 20.1 Å². The third-order valence-corrected chi connectivity index (χ3v) is 2.52. The quantitative estimate of drug-likeness (QED) is 0.781. The van der Waals surface area contributed by atoms with Crippen LogP contribution in [0.2, 0.25) is 0 Å². The summed E-state index contributed by atoms with van der Waals surface area (Å²) in [4.78, 5) is 0. The lowest BCUT2D eigenvalue weighted by atomic mass is 10.2. The maximum absolute atomic E-state index is 9.10. The minimum atomic E-state index is -0.00817. The fourth-order valence-electron chi connectivity index (χ4n) is 1.49. The standard InChI is InChI=1S/C10H19N3O/c1-4-6-10-9(7-14)11-12-13(10)8(3)5-2/h8,14H,4-7H2,1-3H3. The molecular weight excluding hydrogens is 178 g/mol. The molecule has 80 valence electrons. The Bertz CT molecular complexity index is 283. The second-order valence-electron chi connectivity index (χ2n) is 3.59. The molecule has 1 aromatic rings. The highest BCUT2D eigenvalue weighted by Gasteiger charge is 2.14. The van der Waals surface area contributed by atoms with Crippen LogP contribution in [-0.2, 0) is 13.0 Å². The van der Waals surface area contributed by atoms with Crippen LogP contribution in [0.3, 0.4) is 0 Å². The lowest BCUT2D eigenvalue weighted by Gasteiger charge is -2.12. The molecule has 1 heterocycles. The summed E-state index contributed by atoms with van der Waals surface area (Å²) in [6.07, 6.45) is 3.02. The normalized spacial score (nSPS) is 13.1. The van der Waals surface area contributed by atoms with Gasteiger partial charge in [0.25, 0.3) is 0 Å². The number of hydrogen-bond acceptors (Lipinski definition) is 3. The van der Waals surface area contributed by atoms with E-state index in [9.17, 15) is 0 Å². The van der Waals surface area contributed by atoms with Crippen molar-refractivity contribution < 1.29 is 5.11 Å². The number of aromatic nitrogens is 3.